The molecule has 4 aromatic rings. The Hall–Kier alpha value is -4.55. The van der Waals surface area contributed by atoms with E-state index in [2.05, 4.69) is 31.8 Å². The zero-order valence-electron chi connectivity index (χ0n) is 22.3. The van der Waals surface area contributed by atoms with Crippen LogP contribution in [0.3, 0.4) is 0 Å². The largest absolute Gasteiger partial charge is 0.484 e. The number of hydrogen-bond donors (Lipinski definition) is 2. The number of nitrogens with one attached hydrogen (secondary N) is 2. The molecule has 0 bridgehead atoms. The maximum absolute atomic E-state index is 13.4. The van der Waals surface area contributed by atoms with Gasteiger partial charge in [0.2, 0.25) is 0 Å². The molecular formula is C30H26BrFN4O5S. The topological polar surface area (TPSA) is 117 Å². The number of ether oxygens (including phenoxy) is 1. The van der Waals surface area contributed by atoms with Crippen LogP contribution in [0.4, 0.5) is 15.8 Å². The van der Waals surface area contributed by atoms with Crippen LogP contribution in [-0.2, 0) is 19.6 Å². The van der Waals surface area contributed by atoms with Gasteiger partial charge in [-0.05, 0) is 97.4 Å². The SMILES string of the molecule is Cc1ccc(S(=O)(=O)N(CC(=O)N/N=C\c2ccc(OCC(=O)Nc3ccc(F)cc3)cc2)c2ccc(Br)cc2)cc1. The monoisotopic (exact) mass is 652 g/mol. The highest BCUT2D eigenvalue weighted by atomic mass is 79.9. The lowest BCUT2D eigenvalue weighted by molar-refractivity contribution is -0.119. The van der Waals surface area contributed by atoms with E-state index >= 15 is 0 Å². The minimum atomic E-state index is -4.04. The predicted molar refractivity (Wildman–Crippen MR) is 163 cm³/mol. The van der Waals surface area contributed by atoms with Crippen molar-refractivity contribution >= 4 is 55.4 Å². The van der Waals surface area contributed by atoms with E-state index in [0.717, 1.165) is 14.3 Å². The summed E-state index contributed by atoms with van der Waals surface area (Å²) >= 11 is 3.34. The van der Waals surface area contributed by atoms with Crippen LogP contribution < -0.4 is 19.8 Å². The van der Waals surface area contributed by atoms with E-state index in [-0.39, 0.29) is 11.5 Å². The Balaban J connectivity index is 1.34. The predicted octanol–water partition coefficient (Wildman–Crippen LogP) is 5.26. The van der Waals surface area contributed by atoms with Gasteiger partial charge in [0.1, 0.15) is 18.1 Å². The van der Waals surface area contributed by atoms with Crippen LogP contribution in [0.2, 0.25) is 0 Å². The molecule has 0 aromatic heterocycles. The van der Waals surface area contributed by atoms with Crippen molar-refractivity contribution in [1.82, 2.24) is 5.43 Å². The second-order valence-electron chi connectivity index (χ2n) is 9.01. The Morgan fingerprint density at radius 1 is 0.905 bits per heavy atom. The van der Waals surface area contributed by atoms with Gasteiger partial charge in [-0.3, -0.25) is 13.9 Å². The quantitative estimate of drug-likeness (QED) is 0.169. The first-order chi connectivity index (χ1) is 20.1. The van der Waals surface area contributed by atoms with Crippen LogP contribution in [0.15, 0.2) is 112 Å². The molecule has 0 saturated carbocycles. The number of hydrogen-bond acceptors (Lipinski definition) is 6. The van der Waals surface area contributed by atoms with Crippen molar-refractivity contribution in [2.24, 2.45) is 5.10 Å². The van der Waals surface area contributed by atoms with E-state index in [0.29, 0.717) is 22.7 Å². The highest BCUT2D eigenvalue weighted by Crippen LogP contribution is 2.25. The van der Waals surface area contributed by atoms with Gasteiger partial charge < -0.3 is 10.1 Å². The van der Waals surface area contributed by atoms with Crippen LogP contribution in [0.5, 0.6) is 5.75 Å². The Bertz CT molecular complexity index is 1660. The molecule has 0 atom stereocenters. The van der Waals surface area contributed by atoms with Crippen LogP contribution in [0.25, 0.3) is 0 Å². The Labute approximate surface area is 251 Å². The Kier molecular flexibility index (Phi) is 10.0. The van der Waals surface area contributed by atoms with Gasteiger partial charge in [-0.25, -0.2) is 18.2 Å². The van der Waals surface area contributed by atoms with Crippen LogP contribution in [-0.4, -0.2) is 39.6 Å². The first kappa shape index (κ1) is 30.4. The molecule has 0 unspecified atom stereocenters. The van der Waals surface area contributed by atoms with Crippen LogP contribution >= 0.6 is 15.9 Å². The minimum Gasteiger partial charge on any atom is -0.484 e. The second-order valence-corrected chi connectivity index (χ2v) is 11.8. The number of rotatable bonds is 11. The fraction of sp³-hybridized carbons (Fsp3) is 0.100. The van der Waals surface area contributed by atoms with Crippen molar-refractivity contribution in [1.29, 1.82) is 0 Å². The molecule has 0 spiro atoms. The zero-order chi connectivity index (χ0) is 30.1. The van der Waals surface area contributed by atoms with Gasteiger partial charge >= 0.3 is 0 Å². The summed E-state index contributed by atoms with van der Waals surface area (Å²) in [5.74, 6) is -1.02. The maximum atomic E-state index is 13.4. The summed E-state index contributed by atoms with van der Waals surface area (Å²) in [4.78, 5) is 24.9. The van der Waals surface area contributed by atoms with E-state index in [1.807, 2.05) is 6.92 Å². The summed E-state index contributed by atoms with van der Waals surface area (Å²) in [5, 5.41) is 6.54. The fourth-order valence-electron chi connectivity index (χ4n) is 3.63. The van der Waals surface area contributed by atoms with E-state index < -0.39 is 34.2 Å². The van der Waals surface area contributed by atoms with Gasteiger partial charge in [0.15, 0.2) is 6.61 Å². The lowest BCUT2D eigenvalue weighted by atomic mass is 10.2. The summed E-state index contributed by atoms with van der Waals surface area (Å²) in [7, 11) is -4.04. The van der Waals surface area contributed by atoms with Crippen molar-refractivity contribution in [3.63, 3.8) is 0 Å². The number of anilines is 2. The average Bonchev–Trinajstić information content (AvgIpc) is 2.97. The Morgan fingerprint density at radius 2 is 1.55 bits per heavy atom. The molecule has 4 aromatic carbocycles. The molecular weight excluding hydrogens is 627 g/mol. The van der Waals surface area contributed by atoms with Crippen molar-refractivity contribution in [2.45, 2.75) is 11.8 Å². The molecule has 12 heteroatoms. The third-order valence-corrected chi connectivity index (χ3v) is 8.11. The van der Waals surface area contributed by atoms with E-state index in [1.54, 1.807) is 60.7 Å². The molecule has 2 N–H and O–H groups in total. The second kappa shape index (κ2) is 13.9. The summed E-state index contributed by atoms with van der Waals surface area (Å²) in [6.45, 7) is 1.11. The van der Waals surface area contributed by atoms with E-state index in [4.69, 9.17) is 4.74 Å². The normalized spacial score (nSPS) is 11.2. The van der Waals surface area contributed by atoms with Crippen molar-refractivity contribution < 1.29 is 27.1 Å². The summed E-state index contributed by atoms with van der Waals surface area (Å²) in [6.07, 6.45) is 1.39. The van der Waals surface area contributed by atoms with Gasteiger partial charge in [-0.1, -0.05) is 33.6 Å². The highest BCUT2D eigenvalue weighted by molar-refractivity contribution is 9.10. The van der Waals surface area contributed by atoms with Crippen LogP contribution in [0.1, 0.15) is 11.1 Å². The summed E-state index contributed by atoms with van der Waals surface area (Å²) < 4.78 is 47.1. The third kappa shape index (κ3) is 8.48. The number of hydrazone groups is 1. The Morgan fingerprint density at radius 3 is 2.19 bits per heavy atom. The van der Waals surface area contributed by atoms with Gasteiger partial charge in [-0.15, -0.1) is 0 Å². The molecule has 0 heterocycles. The fourth-order valence-corrected chi connectivity index (χ4v) is 5.32. The van der Waals surface area contributed by atoms with Gasteiger partial charge in [0.25, 0.3) is 21.8 Å². The molecule has 216 valence electrons. The third-order valence-electron chi connectivity index (χ3n) is 5.79. The first-order valence-corrected chi connectivity index (χ1v) is 14.8. The highest BCUT2D eigenvalue weighted by Gasteiger charge is 2.27. The molecule has 4 rings (SSSR count). The lowest BCUT2D eigenvalue weighted by Crippen LogP contribution is -2.39. The average molecular weight is 654 g/mol. The van der Waals surface area contributed by atoms with E-state index in [1.165, 1.54) is 42.6 Å². The number of carbonyl (C=O) groups excluding carboxylic acids is 2. The van der Waals surface area contributed by atoms with Gasteiger partial charge in [0, 0.05) is 10.2 Å². The van der Waals surface area contributed by atoms with Gasteiger partial charge in [0.05, 0.1) is 16.8 Å². The van der Waals surface area contributed by atoms with Crippen molar-refractivity contribution in [3.8, 4) is 5.75 Å². The lowest BCUT2D eigenvalue weighted by Gasteiger charge is -2.23. The number of halogens is 2. The van der Waals surface area contributed by atoms with E-state index in [9.17, 15) is 22.4 Å². The molecule has 0 aliphatic carbocycles. The maximum Gasteiger partial charge on any atom is 0.264 e. The molecule has 0 radical (unpaired) electrons. The van der Waals surface area contributed by atoms with Crippen molar-refractivity contribution in [3.05, 3.63) is 118 Å². The smallest absolute Gasteiger partial charge is 0.264 e. The molecule has 0 fully saturated rings. The number of amides is 2. The van der Waals surface area contributed by atoms with Crippen molar-refractivity contribution in [2.75, 3.05) is 22.8 Å². The number of nitrogens with zero attached hydrogens (tertiary/aromatic N) is 2. The molecule has 0 aliphatic rings. The first-order valence-electron chi connectivity index (χ1n) is 12.6. The van der Waals surface area contributed by atoms with Crippen LogP contribution in [0, 0.1) is 12.7 Å². The number of sulfonamides is 1. The standard InChI is InChI=1S/C30H26BrFN4O5S/c1-21-2-16-28(17-3-21)42(39,40)36(26-12-6-23(31)7-13-26)19-29(37)35-33-18-22-4-14-27(15-5-22)41-20-30(38)34-25-10-8-24(32)9-11-25/h2-18H,19-20H2,1H3,(H,34,38)(H,35,37)/b33-18-. The zero-order valence-corrected chi connectivity index (χ0v) is 24.7. The molecule has 2 amide bonds. The molecule has 0 saturated heterocycles. The molecule has 42 heavy (non-hydrogen) atoms. The number of benzene rings is 4. The van der Waals surface area contributed by atoms with Gasteiger partial charge in [-0.2, -0.15) is 5.10 Å². The molecule has 0 aliphatic heterocycles. The summed E-state index contributed by atoms with van der Waals surface area (Å²) in [5.41, 5.74) is 4.66. The molecule has 9 nitrogen and oxygen atoms in total. The number of carbonyl (C=O) groups is 2. The minimum absolute atomic E-state index is 0.0579. The number of aryl methyl sites for hydroxylation is 1. The summed E-state index contributed by atoms with van der Waals surface area (Å²) in [6, 6.07) is 24.9.